The molecule has 11 heteroatoms. The number of aliphatic hydroxyl groups excluding tert-OH is 1. The number of benzene rings is 1. The van der Waals surface area contributed by atoms with Gasteiger partial charge in [-0.3, -0.25) is 14.5 Å². The summed E-state index contributed by atoms with van der Waals surface area (Å²) < 4.78 is 50.9. The molecule has 3 rings (SSSR count). The van der Waals surface area contributed by atoms with Crippen molar-refractivity contribution in [3.63, 3.8) is 0 Å². The van der Waals surface area contributed by atoms with Gasteiger partial charge in [0.15, 0.2) is 0 Å². The number of hydrogen-bond donors (Lipinski definition) is 3. The number of nitrogens with one attached hydrogen (secondary N) is 1. The fourth-order valence-electron chi connectivity index (χ4n) is 3.22. The topological polar surface area (TPSA) is 118 Å². The molecular formula is C20H22F3N3O5. The number of H-pyrrole nitrogens is 1. The Hall–Kier alpha value is -2.89. The quantitative estimate of drug-likeness (QED) is 0.595. The average Bonchev–Trinajstić information content (AvgIpc) is 2.72. The molecule has 0 radical (unpaired) electrons. The van der Waals surface area contributed by atoms with Crippen molar-refractivity contribution in [2.24, 2.45) is 5.73 Å². The molecule has 1 atom stereocenters. The fraction of sp³-hybridized carbons (Fsp3) is 0.400. The second-order valence-electron chi connectivity index (χ2n) is 7.07. The van der Waals surface area contributed by atoms with E-state index < -0.39 is 35.0 Å². The molecule has 1 saturated heterocycles. The van der Waals surface area contributed by atoms with Gasteiger partial charge in [-0.25, -0.2) is 0 Å². The van der Waals surface area contributed by atoms with Crippen LogP contribution in [0.4, 0.5) is 13.2 Å². The highest BCUT2D eigenvalue weighted by atomic mass is 19.4. The first-order valence-electron chi connectivity index (χ1n) is 9.51. The van der Waals surface area contributed by atoms with Gasteiger partial charge in [0.2, 0.25) is 0 Å². The summed E-state index contributed by atoms with van der Waals surface area (Å²) in [5.74, 6) is -0.789. The van der Waals surface area contributed by atoms with E-state index in [1.54, 1.807) is 4.98 Å². The summed E-state index contributed by atoms with van der Waals surface area (Å²) in [5, 5.41) is 10.1. The molecule has 1 aliphatic rings. The number of aliphatic hydroxyl groups is 1. The van der Waals surface area contributed by atoms with Crippen LogP contribution in [0.3, 0.4) is 0 Å². The third kappa shape index (κ3) is 5.84. The van der Waals surface area contributed by atoms with Crippen molar-refractivity contribution < 1.29 is 32.5 Å². The highest BCUT2D eigenvalue weighted by Gasteiger charge is 2.36. The number of aromatic amines is 1. The summed E-state index contributed by atoms with van der Waals surface area (Å²) >= 11 is 0. The predicted molar refractivity (Wildman–Crippen MR) is 105 cm³/mol. The second kappa shape index (κ2) is 9.50. The normalized spacial score (nSPS) is 16.1. The summed E-state index contributed by atoms with van der Waals surface area (Å²) in [4.78, 5) is 26.9. The zero-order valence-electron chi connectivity index (χ0n) is 16.4. The monoisotopic (exact) mass is 441 g/mol. The van der Waals surface area contributed by atoms with E-state index in [1.807, 2.05) is 4.90 Å². The van der Waals surface area contributed by atoms with Gasteiger partial charge in [-0.15, -0.1) is 0 Å². The maximum Gasteiger partial charge on any atom is 0.431 e. The van der Waals surface area contributed by atoms with Crippen molar-refractivity contribution in [2.75, 3.05) is 39.5 Å². The van der Waals surface area contributed by atoms with E-state index in [4.69, 9.17) is 15.2 Å². The lowest BCUT2D eigenvalue weighted by atomic mass is 10.0. The average molecular weight is 441 g/mol. The Morgan fingerprint density at radius 2 is 1.90 bits per heavy atom. The van der Waals surface area contributed by atoms with Crippen molar-refractivity contribution in [1.29, 1.82) is 0 Å². The zero-order valence-corrected chi connectivity index (χ0v) is 16.4. The van der Waals surface area contributed by atoms with Crippen LogP contribution in [0.5, 0.6) is 5.75 Å². The van der Waals surface area contributed by atoms with Gasteiger partial charge in [0.1, 0.15) is 29.7 Å². The lowest BCUT2D eigenvalue weighted by Gasteiger charge is -2.28. The van der Waals surface area contributed by atoms with Crippen molar-refractivity contribution in [1.82, 2.24) is 9.88 Å². The number of alkyl halides is 3. The van der Waals surface area contributed by atoms with Crippen LogP contribution in [0.2, 0.25) is 0 Å². The molecule has 0 saturated carbocycles. The lowest BCUT2D eigenvalue weighted by molar-refractivity contribution is -0.140. The van der Waals surface area contributed by atoms with E-state index in [-0.39, 0.29) is 17.7 Å². The maximum absolute atomic E-state index is 13.4. The first-order chi connectivity index (χ1) is 14.6. The SMILES string of the molecule is NC(=O)c1cc(-c2ccc(OCC(O)CN3CCOCC3)cc2)c(C(F)(F)F)[nH]c1=O. The number of nitrogens with zero attached hydrogens (tertiary/aromatic N) is 1. The summed E-state index contributed by atoms with van der Waals surface area (Å²) in [6, 6.07) is 6.42. The minimum absolute atomic E-state index is 0.00891. The van der Waals surface area contributed by atoms with Gasteiger partial charge in [-0.2, -0.15) is 13.2 Å². The number of pyridine rings is 1. The Bertz CT molecular complexity index is 970. The van der Waals surface area contributed by atoms with Gasteiger partial charge >= 0.3 is 6.18 Å². The van der Waals surface area contributed by atoms with Crippen LogP contribution in [-0.4, -0.2) is 66.5 Å². The van der Waals surface area contributed by atoms with E-state index in [9.17, 15) is 27.9 Å². The van der Waals surface area contributed by atoms with Crippen LogP contribution in [-0.2, 0) is 10.9 Å². The van der Waals surface area contributed by atoms with Gasteiger partial charge in [0.05, 0.1) is 13.2 Å². The molecule has 1 unspecified atom stereocenters. The third-order valence-corrected chi connectivity index (χ3v) is 4.77. The number of amides is 1. The van der Waals surface area contributed by atoms with Gasteiger partial charge in [-0.05, 0) is 23.8 Å². The van der Waals surface area contributed by atoms with Gasteiger partial charge < -0.3 is 25.3 Å². The first-order valence-corrected chi connectivity index (χ1v) is 9.51. The Balaban J connectivity index is 1.74. The number of morpholine rings is 1. The van der Waals surface area contributed by atoms with Crippen LogP contribution in [0.1, 0.15) is 16.1 Å². The van der Waals surface area contributed by atoms with E-state index in [0.717, 1.165) is 19.2 Å². The number of primary amides is 1. The number of nitrogens with two attached hydrogens (primary N) is 1. The smallest absolute Gasteiger partial charge is 0.431 e. The Morgan fingerprint density at radius 3 is 2.48 bits per heavy atom. The molecule has 1 amide bonds. The van der Waals surface area contributed by atoms with E-state index in [1.165, 1.54) is 24.3 Å². The Kier molecular flexibility index (Phi) is 6.98. The highest BCUT2D eigenvalue weighted by molar-refractivity contribution is 5.93. The van der Waals surface area contributed by atoms with Crippen LogP contribution >= 0.6 is 0 Å². The maximum atomic E-state index is 13.4. The highest BCUT2D eigenvalue weighted by Crippen LogP contribution is 2.35. The number of aromatic nitrogens is 1. The van der Waals surface area contributed by atoms with Gasteiger partial charge in [-0.1, -0.05) is 12.1 Å². The van der Waals surface area contributed by atoms with Crippen molar-refractivity contribution >= 4 is 5.91 Å². The Labute approximate surface area is 175 Å². The largest absolute Gasteiger partial charge is 0.491 e. The molecule has 1 aromatic heterocycles. The third-order valence-electron chi connectivity index (χ3n) is 4.77. The predicted octanol–water partition coefficient (Wildman–Crippen LogP) is 1.23. The van der Waals surface area contributed by atoms with Crippen LogP contribution < -0.4 is 16.0 Å². The summed E-state index contributed by atoms with van der Waals surface area (Å²) in [7, 11) is 0. The van der Waals surface area contributed by atoms with E-state index in [0.29, 0.717) is 25.5 Å². The lowest BCUT2D eigenvalue weighted by Crippen LogP contribution is -2.42. The number of rotatable bonds is 7. The molecular weight excluding hydrogens is 419 g/mol. The number of halogens is 3. The molecule has 2 heterocycles. The number of hydrogen-bond acceptors (Lipinski definition) is 6. The standard InChI is InChI=1S/C20H22F3N3O5/c21-20(22,23)17-15(9-16(18(24)28)19(29)25-17)12-1-3-14(4-2-12)31-11-13(27)10-26-5-7-30-8-6-26/h1-4,9,13,27H,5-8,10-11H2,(H2,24,28)(H,25,29). The van der Waals surface area contributed by atoms with Crippen LogP contribution in [0.25, 0.3) is 11.1 Å². The molecule has 0 spiro atoms. The molecule has 8 nitrogen and oxygen atoms in total. The molecule has 0 aliphatic carbocycles. The van der Waals surface area contributed by atoms with Gasteiger partial charge in [0, 0.05) is 25.2 Å². The van der Waals surface area contributed by atoms with Crippen molar-refractivity contribution in [2.45, 2.75) is 12.3 Å². The molecule has 168 valence electrons. The van der Waals surface area contributed by atoms with Crippen molar-refractivity contribution in [3.05, 3.63) is 51.9 Å². The molecule has 1 aromatic carbocycles. The molecule has 31 heavy (non-hydrogen) atoms. The number of β-amino-alcohol motifs (C(OH)–C–C–N with tert-alkyl or cyclic N) is 1. The summed E-state index contributed by atoms with van der Waals surface area (Å²) in [6.45, 7) is 3.09. The molecule has 1 fully saturated rings. The van der Waals surface area contributed by atoms with Crippen molar-refractivity contribution in [3.8, 4) is 16.9 Å². The number of carbonyl (C=O) groups excluding carboxylic acids is 1. The van der Waals surface area contributed by atoms with Gasteiger partial charge in [0.25, 0.3) is 11.5 Å². The molecule has 2 aromatic rings. The minimum atomic E-state index is -4.84. The van der Waals surface area contributed by atoms with E-state index >= 15 is 0 Å². The number of ether oxygens (including phenoxy) is 2. The zero-order chi connectivity index (χ0) is 22.6. The molecule has 1 aliphatic heterocycles. The summed E-state index contributed by atoms with van der Waals surface area (Å²) in [5.41, 5.74) is 1.74. The Morgan fingerprint density at radius 1 is 1.26 bits per heavy atom. The minimum Gasteiger partial charge on any atom is -0.491 e. The van der Waals surface area contributed by atoms with Crippen LogP contribution in [0, 0.1) is 0 Å². The summed E-state index contributed by atoms with van der Waals surface area (Å²) in [6.07, 6.45) is -5.59. The molecule has 4 N–H and O–H groups in total. The second-order valence-corrected chi connectivity index (χ2v) is 7.07. The van der Waals surface area contributed by atoms with E-state index in [2.05, 4.69) is 0 Å². The van der Waals surface area contributed by atoms with Crippen LogP contribution in [0.15, 0.2) is 35.1 Å². The fourth-order valence-corrected chi connectivity index (χ4v) is 3.22. The first kappa shape index (κ1) is 22.8. The number of carbonyl (C=O) groups is 1. The molecule has 0 bridgehead atoms.